The molecule has 4 nitrogen and oxygen atoms in total. The van der Waals surface area contributed by atoms with Gasteiger partial charge < -0.3 is 15.7 Å². The molecule has 0 radical (unpaired) electrons. The van der Waals surface area contributed by atoms with Crippen LogP contribution in [0.2, 0.25) is 0 Å². The number of aliphatic hydroxyl groups is 1. The van der Waals surface area contributed by atoms with E-state index in [9.17, 15) is 4.79 Å². The summed E-state index contributed by atoms with van der Waals surface area (Å²) < 4.78 is 0. The molecule has 0 aromatic heterocycles. The number of carbonyl (C=O) groups excluding carboxylic acids is 1. The summed E-state index contributed by atoms with van der Waals surface area (Å²) >= 11 is 0. The molecule has 0 aliphatic rings. The third-order valence-corrected chi connectivity index (χ3v) is 3.89. The first-order valence-electron chi connectivity index (χ1n) is 9.39. The molecule has 0 spiro atoms. The highest BCUT2D eigenvalue weighted by molar-refractivity contribution is 5.75. The summed E-state index contributed by atoms with van der Waals surface area (Å²) in [4.78, 5) is 11.5. The van der Waals surface area contributed by atoms with Gasteiger partial charge in [0.1, 0.15) is 0 Å². The van der Waals surface area contributed by atoms with Gasteiger partial charge in [0.25, 0.3) is 0 Å². The van der Waals surface area contributed by atoms with E-state index in [0.717, 1.165) is 25.9 Å². The second kappa shape index (κ2) is 18.4. The molecule has 0 saturated heterocycles. The summed E-state index contributed by atoms with van der Waals surface area (Å²) in [6.45, 7) is 4.75. The molecule has 132 valence electrons. The van der Waals surface area contributed by atoms with Gasteiger partial charge in [0.2, 0.25) is 5.91 Å². The number of aliphatic hydroxyl groups excluding tert-OH is 1. The molecule has 0 aromatic rings. The number of amides is 1. The van der Waals surface area contributed by atoms with E-state index in [1.807, 2.05) is 0 Å². The summed E-state index contributed by atoms with van der Waals surface area (Å²) in [6, 6.07) is 0. The van der Waals surface area contributed by atoms with Crippen LogP contribution in [0.1, 0.15) is 84.0 Å². The van der Waals surface area contributed by atoms with Crippen molar-refractivity contribution in [3.63, 3.8) is 0 Å². The van der Waals surface area contributed by atoms with Crippen molar-refractivity contribution in [2.75, 3.05) is 26.2 Å². The van der Waals surface area contributed by atoms with Crippen molar-refractivity contribution in [1.82, 2.24) is 10.6 Å². The van der Waals surface area contributed by atoms with Crippen molar-refractivity contribution in [2.45, 2.75) is 84.0 Å². The molecule has 4 heteroatoms. The minimum absolute atomic E-state index is 0.132. The van der Waals surface area contributed by atoms with Gasteiger partial charge in [-0.2, -0.15) is 0 Å². The van der Waals surface area contributed by atoms with Crippen LogP contribution >= 0.6 is 0 Å². The summed E-state index contributed by atoms with van der Waals surface area (Å²) in [7, 11) is 0. The average molecular weight is 315 g/mol. The Labute approximate surface area is 137 Å². The minimum Gasteiger partial charge on any atom is -0.396 e. The molecule has 0 atom stereocenters. The lowest BCUT2D eigenvalue weighted by atomic mass is 10.1. The molecule has 0 fully saturated rings. The predicted molar refractivity (Wildman–Crippen MR) is 94.0 cm³/mol. The maximum absolute atomic E-state index is 11.5. The third-order valence-electron chi connectivity index (χ3n) is 3.89. The normalized spacial score (nSPS) is 10.8. The van der Waals surface area contributed by atoms with Crippen LogP contribution in [-0.4, -0.2) is 37.3 Å². The molecular formula is C18H38N2O2. The Kier molecular flexibility index (Phi) is 17.9. The predicted octanol–water partition coefficient (Wildman–Crippen LogP) is 3.39. The Balaban J connectivity index is 3.10. The Morgan fingerprint density at radius 1 is 0.773 bits per heavy atom. The average Bonchev–Trinajstić information content (AvgIpc) is 2.52. The third kappa shape index (κ3) is 17.4. The van der Waals surface area contributed by atoms with Gasteiger partial charge in [0.15, 0.2) is 0 Å². The van der Waals surface area contributed by atoms with E-state index >= 15 is 0 Å². The highest BCUT2D eigenvalue weighted by Crippen LogP contribution is 2.10. The van der Waals surface area contributed by atoms with E-state index in [-0.39, 0.29) is 12.5 Å². The van der Waals surface area contributed by atoms with Crippen LogP contribution in [0.15, 0.2) is 0 Å². The number of nitrogens with one attached hydrogen (secondary N) is 2. The first-order chi connectivity index (χ1) is 10.8. The molecular weight excluding hydrogens is 276 g/mol. The van der Waals surface area contributed by atoms with Crippen LogP contribution in [0.3, 0.4) is 0 Å². The Bertz CT molecular complexity index is 235. The van der Waals surface area contributed by atoms with Crippen LogP contribution in [0.25, 0.3) is 0 Å². The van der Waals surface area contributed by atoms with E-state index < -0.39 is 0 Å². The number of carbonyl (C=O) groups is 1. The summed E-state index contributed by atoms with van der Waals surface area (Å²) in [5.74, 6) is 0.132. The smallest absolute Gasteiger partial charge is 0.221 e. The quantitative estimate of drug-likeness (QED) is 0.361. The van der Waals surface area contributed by atoms with Crippen LogP contribution in [-0.2, 0) is 4.79 Å². The maximum Gasteiger partial charge on any atom is 0.221 e. The van der Waals surface area contributed by atoms with Crippen LogP contribution in [0.5, 0.6) is 0 Å². The summed E-state index contributed by atoms with van der Waals surface area (Å²) in [6.07, 6.45) is 14.5. The van der Waals surface area contributed by atoms with Gasteiger partial charge in [-0.25, -0.2) is 0 Å². The van der Waals surface area contributed by atoms with Crippen molar-refractivity contribution >= 4 is 5.91 Å². The second-order valence-corrected chi connectivity index (χ2v) is 6.11. The SMILES string of the molecule is CCCCCCCCCCCCNC(=O)CCNCCCO. The Hall–Kier alpha value is -0.610. The fourth-order valence-electron chi connectivity index (χ4n) is 2.46. The van der Waals surface area contributed by atoms with Crippen LogP contribution in [0, 0.1) is 0 Å². The highest BCUT2D eigenvalue weighted by Gasteiger charge is 1.99. The van der Waals surface area contributed by atoms with Crippen molar-refractivity contribution in [3.8, 4) is 0 Å². The van der Waals surface area contributed by atoms with Gasteiger partial charge in [-0.15, -0.1) is 0 Å². The van der Waals surface area contributed by atoms with Crippen molar-refractivity contribution in [1.29, 1.82) is 0 Å². The fraction of sp³-hybridized carbons (Fsp3) is 0.944. The lowest BCUT2D eigenvalue weighted by Gasteiger charge is -2.06. The molecule has 0 aromatic carbocycles. The van der Waals surface area contributed by atoms with Gasteiger partial charge in [0, 0.05) is 26.1 Å². The molecule has 0 rings (SSSR count). The molecule has 0 aliphatic heterocycles. The zero-order valence-electron chi connectivity index (χ0n) is 14.7. The van der Waals surface area contributed by atoms with Gasteiger partial charge in [0.05, 0.1) is 0 Å². The largest absolute Gasteiger partial charge is 0.396 e. The standard InChI is InChI=1S/C18H38N2O2/c1-2-3-4-5-6-7-8-9-10-11-15-20-18(22)13-16-19-14-12-17-21/h19,21H,2-17H2,1H3,(H,20,22). The summed E-state index contributed by atoms with van der Waals surface area (Å²) in [5, 5.41) is 14.7. The van der Waals surface area contributed by atoms with E-state index in [0.29, 0.717) is 13.0 Å². The van der Waals surface area contributed by atoms with Gasteiger partial charge >= 0.3 is 0 Å². The molecule has 0 unspecified atom stereocenters. The zero-order valence-corrected chi connectivity index (χ0v) is 14.7. The molecule has 22 heavy (non-hydrogen) atoms. The number of hydrogen-bond acceptors (Lipinski definition) is 3. The maximum atomic E-state index is 11.5. The zero-order chi connectivity index (χ0) is 16.3. The van der Waals surface area contributed by atoms with E-state index in [1.165, 1.54) is 57.8 Å². The first kappa shape index (κ1) is 21.4. The second-order valence-electron chi connectivity index (χ2n) is 6.11. The van der Waals surface area contributed by atoms with Gasteiger partial charge in [-0.05, 0) is 19.4 Å². The molecule has 1 amide bonds. The van der Waals surface area contributed by atoms with E-state index in [2.05, 4.69) is 17.6 Å². The highest BCUT2D eigenvalue weighted by atomic mass is 16.3. The van der Waals surface area contributed by atoms with Crippen molar-refractivity contribution in [2.24, 2.45) is 0 Å². The number of hydrogen-bond donors (Lipinski definition) is 3. The molecule has 0 heterocycles. The first-order valence-corrected chi connectivity index (χ1v) is 9.39. The van der Waals surface area contributed by atoms with Gasteiger partial charge in [-0.3, -0.25) is 4.79 Å². The topological polar surface area (TPSA) is 61.4 Å². The van der Waals surface area contributed by atoms with Crippen molar-refractivity contribution in [3.05, 3.63) is 0 Å². The van der Waals surface area contributed by atoms with Gasteiger partial charge in [-0.1, -0.05) is 64.7 Å². The van der Waals surface area contributed by atoms with Crippen molar-refractivity contribution < 1.29 is 9.90 Å². The Morgan fingerprint density at radius 2 is 1.36 bits per heavy atom. The van der Waals surface area contributed by atoms with E-state index in [1.54, 1.807) is 0 Å². The monoisotopic (exact) mass is 314 g/mol. The fourth-order valence-corrected chi connectivity index (χ4v) is 2.46. The lowest BCUT2D eigenvalue weighted by molar-refractivity contribution is -0.121. The Morgan fingerprint density at radius 3 is 1.95 bits per heavy atom. The molecule has 3 N–H and O–H groups in total. The number of rotatable bonds is 17. The molecule has 0 saturated carbocycles. The molecule has 0 aliphatic carbocycles. The van der Waals surface area contributed by atoms with Crippen LogP contribution < -0.4 is 10.6 Å². The van der Waals surface area contributed by atoms with Crippen LogP contribution in [0.4, 0.5) is 0 Å². The number of unbranched alkanes of at least 4 members (excludes halogenated alkanes) is 9. The minimum atomic E-state index is 0.132. The molecule has 0 bridgehead atoms. The lowest BCUT2D eigenvalue weighted by Crippen LogP contribution is -2.28. The summed E-state index contributed by atoms with van der Waals surface area (Å²) in [5.41, 5.74) is 0. The van der Waals surface area contributed by atoms with E-state index in [4.69, 9.17) is 5.11 Å².